The topological polar surface area (TPSA) is 39.9 Å². The molecule has 1 saturated heterocycles. The smallest absolute Gasteiger partial charge is 0.132 e. The number of rotatable bonds is 2. The Morgan fingerprint density at radius 3 is 2.76 bits per heavy atom. The SMILES string of the molecule is CCC1CCN(c2cc(C#N)cc(Cl)n2)CC1. The van der Waals surface area contributed by atoms with Crippen LogP contribution in [0.4, 0.5) is 5.82 Å². The van der Waals surface area contributed by atoms with Gasteiger partial charge >= 0.3 is 0 Å². The van der Waals surface area contributed by atoms with E-state index in [9.17, 15) is 0 Å². The predicted octanol–water partition coefficient (Wildman–Crippen LogP) is 3.23. The van der Waals surface area contributed by atoms with Crippen molar-refractivity contribution in [2.24, 2.45) is 5.92 Å². The molecule has 0 bridgehead atoms. The van der Waals surface area contributed by atoms with Gasteiger partial charge in [0.2, 0.25) is 0 Å². The van der Waals surface area contributed by atoms with Crippen molar-refractivity contribution in [3.05, 3.63) is 22.8 Å². The van der Waals surface area contributed by atoms with Crippen LogP contribution in [0.2, 0.25) is 5.15 Å². The van der Waals surface area contributed by atoms with E-state index in [4.69, 9.17) is 16.9 Å². The highest BCUT2D eigenvalue weighted by Crippen LogP contribution is 2.25. The van der Waals surface area contributed by atoms with Gasteiger partial charge in [-0.05, 0) is 30.9 Å². The van der Waals surface area contributed by atoms with Gasteiger partial charge in [0.15, 0.2) is 0 Å². The lowest BCUT2D eigenvalue weighted by molar-refractivity contribution is 0.394. The van der Waals surface area contributed by atoms with Crippen LogP contribution in [0.15, 0.2) is 12.1 Å². The van der Waals surface area contributed by atoms with Gasteiger partial charge in [-0.2, -0.15) is 5.26 Å². The van der Waals surface area contributed by atoms with Gasteiger partial charge in [0, 0.05) is 13.1 Å². The maximum absolute atomic E-state index is 8.91. The number of piperidine rings is 1. The molecule has 0 unspecified atom stereocenters. The van der Waals surface area contributed by atoms with Crippen molar-refractivity contribution in [1.82, 2.24) is 4.98 Å². The molecule has 0 radical (unpaired) electrons. The Bertz CT molecular complexity index is 431. The Hall–Kier alpha value is -1.27. The second-order valence-corrected chi connectivity index (χ2v) is 4.87. The molecule has 3 nitrogen and oxygen atoms in total. The number of hydrogen-bond donors (Lipinski definition) is 0. The minimum absolute atomic E-state index is 0.400. The molecule has 2 heterocycles. The van der Waals surface area contributed by atoms with Gasteiger partial charge in [0.1, 0.15) is 11.0 Å². The Morgan fingerprint density at radius 1 is 1.47 bits per heavy atom. The summed E-state index contributed by atoms with van der Waals surface area (Å²) in [6, 6.07) is 5.53. The van der Waals surface area contributed by atoms with Crippen LogP contribution in [0.25, 0.3) is 0 Å². The summed E-state index contributed by atoms with van der Waals surface area (Å²) in [5, 5.41) is 9.31. The lowest BCUT2D eigenvalue weighted by Crippen LogP contribution is -2.34. The van der Waals surface area contributed by atoms with Crippen LogP contribution in [0.5, 0.6) is 0 Å². The molecule has 0 N–H and O–H groups in total. The second kappa shape index (κ2) is 5.37. The summed E-state index contributed by atoms with van der Waals surface area (Å²) < 4.78 is 0. The summed E-state index contributed by atoms with van der Waals surface area (Å²) in [5.41, 5.74) is 0.581. The maximum atomic E-state index is 8.91. The quantitative estimate of drug-likeness (QED) is 0.756. The first kappa shape index (κ1) is 12.2. The van der Waals surface area contributed by atoms with Crippen LogP contribution in [0.1, 0.15) is 31.7 Å². The van der Waals surface area contributed by atoms with E-state index in [1.165, 1.54) is 19.3 Å². The largest absolute Gasteiger partial charge is 0.357 e. The molecule has 1 aromatic heterocycles. The highest BCUT2D eigenvalue weighted by molar-refractivity contribution is 6.29. The summed E-state index contributed by atoms with van der Waals surface area (Å²) >= 11 is 5.92. The average Bonchev–Trinajstić information content (AvgIpc) is 2.38. The third-order valence-corrected chi connectivity index (χ3v) is 3.62. The molecule has 1 fully saturated rings. The molecule has 17 heavy (non-hydrogen) atoms. The summed E-state index contributed by atoms with van der Waals surface area (Å²) in [4.78, 5) is 6.52. The summed E-state index contributed by atoms with van der Waals surface area (Å²) in [7, 11) is 0. The van der Waals surface area contributed by atoms with E-state index in [1.54, 1.807) is 6.07 Å². The minimum atomic E-state index is 0.400. The lowest BCUT2D eigenvalue weighted by atomic mass is 9.94. The van der Waals surface area contributed by atoms with Gasteiger partial charge < -0.3 is 4.90 Å². The number of halogens is 1. The molecule has 0 aliphatic carbocycles. The van der Waals surface area contributed by atoms with Crippen molar-refractivity contribution in [3.63, 3.8) is 0 Å². The highest BCUT2D eigenvalue weighted by atomic mass is 35.5. The molecular weight excluding hydrogens is 234 g/mol. The number of nitrogens with zero attached hydrogens (tertiary/aromatic N) is 3. The first-order chi connectivity index (χ1) is 8.22. The molecule has 90 valence electrons. The van der Waals surface area contributed by atoms with Crippen molar-refractivity contribution in [3.8, 4) is 6.07 Å². The molecule has 2 rings (SSSR count). The number of aromatic nitrogens is 1. The van der Waals surface area contributed by atoms with E-state index in [0.717, 1.165) is 24.8 Å². The number of anilines is 1. The maximum Gasteiger partial charge on any atom is 0.132 e. The van der Waals surface area contributed by atoms with Crippen LogP contribution in [0.3, 0.4) is 0 Å². The minimum Gasteiger partial charge on any atom is -0.357 e. The van der Waals surface area contributed by atoms with Gasteiger partial charge in [0.25, 0.3) is 0 Å². The van der Waals surface area contributed by atoms with Crippen LogP contribution in [-0.4, -0.2) is 18.1 Å². The molecule has 0 saturated carbocycles. The summed E-state index contributed by atoms with van der Waals surface area (Å²) in [6.07, 6.45) is 3.65. The number of pyridine rings is 1. The Labute approximate surface area is 107 Å². The normalized spacial score (nSPS) is 16.9. The van der Waals surface area contributed by atoms with Crippen molar-refractivity contribution in [2.75, 3.05) is 18.0 Å². The molecule has 1 aromatic rings. The summed E-state index contributed by atoms with van der Waals surface area (Å²) in [5.74, 6) is 1.67. The fourth-order valence-electron chi connectivity index (χ4n) is 2.28. The van der Waals surface area contributed by atoms with Crippen molar-refractivity contribution in [2.45, 2.75) is 26.2 Å². The van der Waals surface area contributed by atoms with Gasteiger partial charge in [-0.1, -0.05) is 24.9 Å². The second-order valence-electron chi connectivity index (χ2n) is 4.49. The van der Waals surface area contributed by atoms with Crippen molar-refractivity contribution >= 4 is 17.4 Å². The van der Waals surface area contributed by atoms with E-state index in [2.05, 4.69) is 22.9 Å². The third kappa shape index (κ3) is 2.89. The lowest BCUT2D eigenvalue weighted by Gasteiger charge is -2.32. The van der Waals surface area contributed by atoms with Gasteiger partial charge in [-0.15, -0.1) is 0 Å². The monoisotopic (exact) mass is 249 g/mol. The van der Waals surface area contributed by atoms with Crippen molar-refractivity contribution in [1.29, 1.82) is 5.26 Å². The van der Waals surface area contributed by atoms with Gasteiger partial charge in [0.05, 0.1) is 11.6 Å². The number of nitriles is 1. The summed E-state index contributed by atoms with van der Waals surface area (Å²) in [6.45, 7) is 4.26. The first-order valence-corrected chi connectivity index (χ1v) is 6.43. The van der Waals surface area contributed by atoms with E-state index in [0.29, 0.717) is 10.7 Å². The fourth-order valence-corrected chi connectivity index (χ4v) is 2.48. The van der Waals surface area contributed by atoms with Crippen LogP contribution in [0, 0.1) is 17.2 Å². The standard InChI is InChI=1S/C13H16ClN3/c1-2-10-3-5-17(6-4-10)13-8-11(9-15)7-12(14)16-13/h7-8,10H,2-6H2,1H3. The van der Waals surface area contributed by atoms with E-state index in [1.807, 2.05) is 6.07 Å². The molecule has 0 spiro atoms. The highest BCUT2D eigenvalue weighted by Gasteiger charge is 2.19. The molecule has 0 aromatic carbocycles. The zero-order chi connectivity index (χ0) is 12.3. The first-order valence-electron chi connectivity index (χ1n) is 6.05. The molecule has 0 atom stereocenters. The average molecular weight is 250 g/mol. The Balaban J connectivity index is 2.13. The van der Waals surface area contributed by atoms with E-state index >= 15 is 0 Å². The van der Waals surface area contributed by atoms with Crippen LogP contribution < -0.4 is 4.90 Å². The zero-order valence-corrected chi connectivity index (χ0v) is 10.7. The van der Waals surface area contributed by atoms with Crippen molar-refractivity contribution < 1.29 is 0 Å². The fraction of sp³-hybridized carbons (Fsp3) is 0.538. The molecule has 1 aliphatic heterocycles. The van der Waals surface area contributed by atoms with Crippen LogP contribution in [-0.2, 0) is 0 Å². The van der Waals surface area contributed by atoms with E-state index in [-0.39, 0.29) is 0 Å². The third-order valence-electron chi connectivity index (χ3n) is 3.43. The van der Waals surface area contributed by atoms with Gasteiger partial charge in [-0.3, -0.25) is 0 Å². The molecule has 0 amide bonds. The molecule has 1 aliphatic rings. The number of hydrogen-bond acceptors (Lipinski definition) is 3. The van der Waals surface area contributed by atoms with E-state index < -0.39 is 0 Å². The predicted molar refractivity (Wildman–Crippen MR) is 69.2 cm³/mol. The zero-order valence-electron chi connectivity index (χ0n) is 9.99. The molecule has 4 heteroatoms. The Kier molecular flexibility index (Phi) is 3.86. The molecular formula is C13H16ClN3. The Morgan fingerprint density at radius 2 is 2.18 bits per heavy atom. The van der Waals surface area contributed by atoms with Gasteiger partial charge in [-0.25, -0.2) is 4.98 Å². The van der Waals surface area contributed by atoms with Crippen LogP contribution >= 0.6 is 11.6 Å².